The fraction of sp³-hybridized carbons (Fsp3) is 0. The smallest absolute Gasteiger partial charge is 0.118 e. The molecule has 2 N–H and O–H groups in total. The second-order valence-electron chi connectivity index (χ2n) is 3.08. The molecular weight excluding hydrogens is 176 g/mol. The number of imidazole rings is 1. The van der Waals surface area contributed by atoms with Crippen LogP contribution in [-0.2, 0) is 0 Å². The maximum atomic E-state index is 4.24. The van der Waals surface area contributed by atoms with E-state index in [2.05, 4.69) is 20.2 Å². The molecule has 0 bridgehead atoms. The lowest BCUT2D eigenvalue weighted by atomic mass is 10.2. The topological polar surface area (TPSA) is 57.4 Å². The Labute approximate surface area is 80.0 Å². The van der Waals surface area contributed by atoms with Crippen LogP contribution in [0.3, 0.4) is 0 Å². The van der Waals surface area contributed by atoms with Gasteiger partial charge in [0.1, 0.15) is 5.69 Å². The summed E-state index contributed by atoms with van der Waals surface area (Å²) in [4.78, 5) is 7.01. The largest absolute Gasteiger partial charge is 0.343 e. The number of fused-ring (bicyclic) bond motifs is 1. The van der Waals surface area contributed by atoms with Crippen LogP contribution < -0.4 is 0 Å². The number of nitrogens with zero attached hydrogens (tertiary/aromatic N) is 2. The van der Waals surface area contributed by atoms with Gasteiger partial charge in [0, 0.05) is 5.39 Å². The van der Waals surface area contributed by atoms with Crippen molar-refractivity contribution in [2.75, 3.05) is 0 Å². The van der Waals surface area contributed by atoms with Crippen molar-refractivity contribution < 1.29 is 0 Å². The highest BCUT2D eigenvalue weighted by molar-refractivity contribution is 5.91. The third kappa shape index (κ3) is 0.939. The summed E-state index contributed by atoms with van der Waals surface area (Å²) in [6.45, 7) is 0. The van der Waals surface area contributed by atoms with Crippen molar-refractivity contribution >= 4 is 10.9 Å². The second kappa shape index (κ2) is 2.70. The van der Waals surface area contributed by atoms with Crippen molar-refractivity contribution in [3.8, 4) is 11.4 Å². The zero-order chi connectivity index (χ0) is 9.38. The molecule has 0 aliphatic rings. The Bertz CT molecular complexity index is 550. The van der Waals surface area contributed by atoms with Crippen molar-refractivity contribution in [2.45, 2.75) is 0 Å². The van der Waals surface area contributed by atoms with E-state index in [0.717, 1.165) is 22.3 Å². The zero-order valence-corrected chi connectivity index (χ0v) is 7.36. The second-order valence-corrected chi connectivity index (χ2v) is 3.08. The first-order valence-electron chi connectivity index (χ1n) is 4.37. The summed E-state index contributed by atoms with van der Waals surface area (Å²) in [5, 5.41) is 8.33. The van der Waals surface area contributed by atoms with Crippen LogP contribution in [0.15, 0.2) is 36.8 Å². The van der Waals surface area contributed by atoms with Crippen LogP contribution in [0, 0.1) is 0 Å². The molecule has 0 aliphatic heterocycles. The highest BCUT2D eigenvalue weighted by Crippen LogP contribution is 2.23. The van der Waals surface area contributed by atoms with Crippen LogP contribution in [0.1, 0.15) is 0 Å². The molecule has 0 saturated heterocycles. The molecular formula is C10H8N4. The van der Waals surface area contributed by atoms with E-state index in [4.69, 9.17) is 0 Å². The fourth-order valence-corrected chi connectivity index (χ4v) is 1.55. The minimum atomic E-state index is 0.915. The Kier molecular flexibility index (Phi) is 1.41. The first kappa shape index (κ1) is 7.32. The monoisotopic (exact) mass is 184 g/mol. The molecule has 0 radical (unpaired) electrons. The Morgan fingerprint density at radius 3 is 2.93 bits per heavy atom. The van der Waals surface area contributed by atoms with Gasteiger partial charge in [0.15, 0.2) is 0 Å². The van der Waals surface area contributed by atoms with Gasteiger partial charge in [-0.25, -0.2) is 4.98 Å². The van der Waals surface area contributed by atoms with E-state index in [-0.39, 0.29) is 0 Å². The molecule has 4 heteroatoms. The molecule has 0 atom stereocenters. The summed E-state index contributed by atoms with van der Waals surface area (Å²) in [6, 6.07) is 8.02. The molecule has 68 valence electrons. The van der Waals surface area contributed by atoms with Crippen molar-refractivity contribution in [3.05, 3.63) is 36.8 Å². The molecule has 0 unspecified atom stereocenters. The van der Waals surface area contributed by atoms with Gasteiger partial charge >= 0.3 is 0 Å². The van der Waals surface area contributed by atoms with E-state index in [0.29, 0.717) is 0 Å². The van der Waals surface area contributed by atoms with Crippen molar-refractivity contribution in [3.63, 3.8) is 0 Å². The Morgan fingerprint density at radius 1 is 1.14 bits per heavy atom. The molecule has 14 heavy (non-hydrogen) atoms. The van der Waals surface area contributed by atoms with Crippen LogP contribution in [0.4, 0.5) is 0 Å². The lowest BCUT2D eigenvalue weighted by molar-refractivity contribution is 1.12. The van der Waals surface area contributed by atoms with Gasteiger partial charge in [0.25, 0.3) is 0 Å². The van der Waals surface area contributed by atoms with Crippen LogP contribution in [0.5, 0.6) is 0 Å². The predicted molar refractivity (Wildman–Crippen MR) is 53.7 cm³/mol. The van der Waals surface area contributed by atoms with E-state index in [1.807, 2.05) is 24.3 Å². The minimum Gasteiger partial charge on any atom is -0.343 e. The number of nitrogens with one attached hydrogen (secondary N) is 2. The molecule has 0 saturated carbocycles. The molecule has 2 aromatic heterocycles. The van der Waals surface area contributed by atoms with Crippen LogP contribution in [0.2, 0.25) is 0 Å². The molecule has 2 heterocycles. The van der Waals surface area contributed by atoms with Crippen LogP contribution in [-0.4, -0.2) is 20.2 Å². The molecule has 3 aromatic rings. The van der Waals surface area contributed by atoms with E-state index in [9.17, 15) is 0 Å². The van der Waals surface area contributed by atoms with Crippen LogP contribution in [0.25, 0.3) is 22.3 Å². The maximum absolute atomic E-state index is 4.24. The normalized spacial score (nSPS) is 10.9. The number of aromatic amines is 2. The summed E-state index contributed by atoms with van der Waals surface area (Å²) in [7, 11) is 0. The van der Waals surface area contributed by atoms with Gasteiger partial charge in [-0.05, 0) is 6.07 Å². The molecule has 0 fully saturated rings. The number of rotatable bonds is 1. The summed E-state index contributed by atoms with van der Waals surface area (Å²) in [6.07, 6.45) is 3.42. The average Bonchev–Trinajstić information content (AvgIpc) is 2.85. The van der Waals surface area contributed by atoms with Crippen LogP contribution >= 0.6 is 0 Å². The number of H-pyrrole nitrogens is 2. The number of aromatic nitrogens is 4. The summed E-state index contributed by atoms with van der Waals surface area (Å²) < 4.78 is 0. The summed E-state index contributed by atoms with van der Waals surface area (Å²) in [5.74, 6) is 0. The van der Waals surface area contributed by atoms with Crippen molar-refractivity contribution in [1.29, 1.82) is 0 Å². The maximum Gasteiger partial charge on any atom is 0.118 e. The van der Waals surface area contributed by atoms with E-state index in [1.54, 1.807) is 12.5 Å². The van der Waals surface area contributed by atoms with Gasteiger partial charge in [-0.15, -0.1) is 0 Å². The third-order valence-electron chi connectivity index (χ3n) is 2.22. The van der Waals surface area contributed by atoms with Gasteiger partial charge in [-0.3, -0.25) is 5.10 Å². The SMILES string of the molecule is c1ccc2c(-c3cnc[nH]3)n[nH]c2c1. The lowest BCUT2D eigenvalue weighted by Gasteiger charge is -1.90. The van der Waals surface area contributed by atoms with E-state index >= 15 is 0 Å². The minimum absolute atomic E-state index is 0.915. The Balaban J connectivity index is 2.33. The molecule has 0 amide bonds. The third-order valence-corrected chi connectivity index (χ3v) is 2.22. The molecule has 3 rings (SSSR count). The molecule has 1 aromatic carbocycles. The van der Waals surface area contributed by atoms with Gasteiger partial charge in [-0.1, -0.05) is 18.2 Å². The average molecular weight is 184 g/mol. The van der Waals surface area contributed by atoms with Crippen molar-refractivity contribution in [2.24, 2.45) is 0 Å². The quantitative estimate of drug-likeness (QED) is 0.607. The van der Waals surface area contributed by atoms with E-state index < -0.39 is 0 Å². The number of para-hydroxylation sites is 1. The highest BCUT2D eigenvalue weighted by atomic mass is 15.1. The Morgan fingerprint density at radius 2 is 2.07 bits per heavy atom. The first-order chi connectivity index (χ1) is 6.95. The number of hydrogen-bond donors (Lipinski definition) is 2. The predicted octanol–water partition coefficient (Wildman–Crippen LogP) is 1.95. The fourth-order valence-electron chi connectivity index (χ4n) is 1.55. The van der Waals surface area contributed by atoms with Gasteiger partial charge in [0.2, 0.25) is 0 Å². The summed E-state index contributed by atoms with van der Waals surface area (Å²) in [5.41, 5.74) is 2.89. The van der Waals surface area contributed by atoms with Gasteiger partial charge in [0.05, 0.1) is 23.7 Å². The molecule has 4 nitrogen and oxygen atoms in total. The Hall–Kier alpha value is -2.10. The summed E-state index contributed by atoms with van der Waals surface area (Å²) >= 11 is 0. The van der Waals surface area contributed by atoms with Gasteiger partial charge in [-0.2, -0.15) is 5.10 Å². The molecule has 0 aliphatic carbocycles. The highest BCUT2D eigenvalue weighted by Gasteiger charge is 2.07. The van der Waals surface area contributed by atoms with Gasteiger partial charge < -0.3 is 4.98 Å². The number of hydrogen-bond acceptors (Lipinski definition) is 2. The van der Waals surface area contributed by atoms with Crippen molar-refractivity contribution in [1.82, 2.24) is 20.2 Å². The standard InChI is InChI=1S/C10H8N4/c1-2-4-8-7(3-1)10(14-13-8)9-5-11-6-12-9/h1-6H,(H,11,12)(H,13,14). The zero-order valence-electron chi connectivity index (χ0n) is 7.36. The number of benzene rings is 1. The van der Waals surface area contributed by atoms with E-state index in [1.165, 1.54) is 0 Å². The first-order valence-corrected chi connectivity index (χ1v) is 4.37. The molecule has 0 spiro atoms. The lowest BCUT2D eigenvalue weighted by Crippen LogP contribution is -1.76.